The fourth-order valence-corrected chi connectivity index (χ4v) is 7.56. The van der Waals surface area contributed by atoms with Gasteiger partial charge in [0.15, 0.2) is 6.61 Å². The fraction of sp³-hybridized carbons (Fsp3) is 0.634. The van der Waals surface area contributed by atoms with Crippen molar-refractivity contribution in [3.63, 3.8) is 0 Å². The fourth-order valence-electron chi connectivity index (χ4n) is 7.56. The quantitative estimate of drug-likeness (QED) is 0.250. The van der Waals surface area contributed by atoms with E-state index in [1.54, 1.807) is 28.9 Å². The van der Waals surface area contributed by atoms with Crippen molar-refractivity contribution in [3.8, 4) is 5.75 Å². The number of rotatable bonds is 15. The van der Waals surface area contributed by atoms with E-state index in [4.69, 9.17) is 23.7 Å². The van der Waals surface area contributed by atoms with Crippen molar-refractivity contribution in [1.29, 1.82) is 0 Å². The molecule has 17 nitrogen and oxygen atoms in total. The molecule has 2 N–H and O–H groups in total. The average molecular weight is 809 g/mol. The lowest BCUT2D eigenvalue weighted by atomic mass is 9.87. The highest BCUT2D eigenvalue weighted by atomic mass is 16.7. The van der Waals surface area contributed by atoms with Crippen molar-refractivity contribution in [2.24, 2.45) is 5.41 Å². The summed E-state index contributed by atoms with van der Waals surface area (Å²) in [6.45, 7) is 7.81. The Bertz CT molecular complexity index is 1820. The number of aromatic nitrogens is 1. The van der Waals surface area contributed by atoms with E-state index in [0.29, 0.717) is 49.9 Å². The predicted molar refractivity (Wildman–Crippen MR) is 209 cm³/mol. The third-order valence-corrected chi connectivity index (χ3v) is 11.5. The summed E-state index contributed by atoms with van der Waals surface area (Å²) < 4.78 is 27.8. The van der Waals surface area contributed by atoms with Crippen molar-refractivity contribution in [3.05, 3.63) is 35.5 Å². The third-order valence-electron chi connectivity index (χ3n) is 11.5. The zero-order valence-corrected chi connectivity index (χ0v) is 33.8. The molecule has 4 fully saturated rings. The standard InChI is InChI=1S/C41H56N6O11/c1-4-41(23-54-26-55-24-41)25-58-36(49)14-13-30(39(52)45-16-18-46(19-17-45)40(53)56-5-2)44-37(50)32-21-34(29-12-11-27(3)20-31(29)43-32)57-22-35(48)47-15-7-10-33(47)38(51)42-28-8-6-9-28/h11-12,20-21,28,30,33H,4-10,13-19,22-26H2,1-3H3,(H,42,51)(H,44,50)/t30-,33-/m0/s1. The molecule has 3 saturated heterocycles. The molecule has 0 radical (unpaired) electrons. The van der Waals surface area contributed by atoms with Crippen molar-refractivity contribution in [2.75, 3.05) is 72.6 Å². The molecule has 0 bridgehead atoms. The van der Waals surface area contributed by atoms with E-state index in [1.165, 1.54) is 11.0 Å². The molecular formula is C41H56N6O11. The van der Waals surface area contributed by atoms with Gasteiger partial charge in [-0.1, -0.05) is 13.0 Å². The van der Waals surface area contributed by atoms with Crippen LogP contribution in [-0.4, -0.2) is 146 Å². The number of likely N-dealkylation sites (tertiary alicyclic amines) is 1. The number of benzene rings is 1. The van der Waals surface area contributed by atoms with Crippen LogP contribution in [0.3, 0.4) is 0 Å². The monoisotopic (exact) mass is 808 g/mol. The van der Waals surface area contributed by atoms with E-state index in [0.717, 1.165) is 24.8 Å². The van der Waals surface area contributed by atoms with Gasteiger partial charge in [0.05, 0.1) is 30.8 Å². The van der Waals surface area contributed by atoms with Crippen LogP contribution in [0.15, 0.2) is 24.3 Å². The lowest BCUT2D eigenvalue weighted by molar-refractivity contribution is -0.187. The number of hydrogen-bond acceptors (Lipinski definition) is 12. The molecule has 1 aromatic heterocycles. The van der Waals surface area contributed by atoms with Crippen LogP contribution in [0, 0.1) is 12.3 Å². The van der Waals surface area contributed by atoms with Gasteiger partial charge in [-0.2, -0.15) is 0 Å². The number of carbonyl (C=O) groups is 6. The van der Waals surface area contributed by atoms with Crippen LogP contribution in [0.2, 0.25) is 0 Å². The molecule has 316 valence electrons. The van der Waals surface area contributed by atoms with Crippen LogP contribution in [0.4, 0.5) is 4.79 Å². The maximum atomic E-state index is 14.0. The Morgan fingerprint density at radius 3 is 2.36 bits per heavy atom. The first-order valence-electron chi connectivity index (χ1n) is 20.5. The highest BCUT2D eigenvalue weighted by Crippen LogP contribution is 2.29. The van der Waals surface area contributed by atoms with Gasteiger partial charge in [-0.25, -0.2) is 9.78 Å². The lowest BCUT2D eigenvalue weighted by Gasteiger charge is -2.36. The van der Waals surface area contributed by atoms with Gasteiger partial charge < -0.3 is 49.0 Å². The molecule has 17 heteroatoms. The third kappa shape index (κ3) is 10.5. The summed E-state index contributed by atoms with van der Waals surface area (Å²) in [6, 6.07) is 5.34. The summed E-state index contributed by atoms with van der Waals surface area (Å²) in [4.78, 5) is 89.2. The molecule has 3 aliphatic heterocycles. The van der Waals surface area contributed by atoms with E-state index in [1.807, 2.05) is 19.9 Å². The largest absolute Gasteiger partial charge is 0.483 e. The number of amides is 5. The summed E-state index contributed by atoms with van der Waals surface area (Å²) in [5, 5.41) is 6.43. The van der Waals surface area contributed by atoms with E-state index in [9.17, 15) is 28.8 Å². The van der Waals surface area contributed by atoms with Crippen LogP contribution >= 0.6 is 0 Å². The zero-order chi connectivity index (χ0) is 41.2. The molecule has 0 spiro atoms. The maximum absolute atomic E-state index is 14.0. The number of aryl methyl sites for hydroxylation is 1. The Kier molecular flexibility index (Phi) is 14.4. The lowest BCUT2D eigenvalue weighted by Crippen LogP contribution is -2.56. The molecule has 58 heavy (non-hydrogen) atoms. The van der Waals surface area contributed by atoms with Gasteiger partial charge in [-0.15, -0.1) is 0 Å². The second-order valence-corrected chi connectivity index (χ2v) is 15.6. The van der Waals surface area contributed by atoms with Crippen LogP contribution in [0.1, 0.15) is 81.3 Å². The number of nitrogens with one attached hydrogen (secondary N) is 2. The molecule has 6 rings (SSSR count). The zero-order valence-electron chi connectivity index (χ0n) is 33.8. The van der Waals surface area contributed by atoms with Crippen LogP contribution in [0.5, 0.6) is 5.75 Å². The first-order valence-corrected chi connectivity index (χ1v) is 20.5. The number of hydrogen-bond donors (Lipinski definition) is 2. The van der Waals surface area contributed by atoms with Gasteiger partial charge in [-0.05, 0) is 76.5 Å². The molecule has 1 saturated carbocycles. The Hall–Kier alpha value is -5.03. The topological polar surface area (TPSA) is 195 Å². The molecule has 4 aliphatic rings. The molecule has 0 unspecified atom stereocenters. The molecule has 5 amide bonds. The number of ether oxygens (including phenoxy) is 5. The number of esters is 1. The molecule has 4 heterocycles. The summed E-state index contributed by atoms with van der Waals surface area (Å²) in [6.07, 6.45) is 4.23. The van der Waals surface area contributed by atoms with Gasteiger partial charge in [0, 0.05) is 56.6 Å². The van der Waals surface area contributed by atoms with Crippen molar-refractivity contribution >= 4 is 46.6 Å². The van der Waals surface area contributed by atoms with Crippen molar-refractivity contribution < 1.29 is 52.5 Å². The molecule has 2 aromatic rings. The molecule has 2 atom stereocenters. The highest BCUT2D eigenvalue weighted by Gasteiger charge is 2.37. The minimum Gasteiger partial charge on any atom is -0.483 e. The minimum atomic E-state index is -1.14. The number of nitrogens with zero attached hydrogens (tertiary/aromatic N) is 4. The molecule has 1 aliphatic carbocycles. The Morgan fingerprint density at radius 1 is 0.931 bits per heavy atom. The van der Waals surface area contributed by atoms with Gasteiger partial charge in [-0.3, -0.25) is 24.0 Å². The second kappa shape index (κ2) is 19.6. The smallest absolute Gasteiger partial charge is 0.409 e. The van der Waals surface area contributed by atoms with E-state index < -0.39 is 41.4 Å². The Morgan fingerprint density at radius 2 is 1.67 bits per heavy atom. The van der Waals surface area contributed by atoms with Crippen molar-refractivity contribution in [1.82, 2.24) is 30.3 Å². The van der Waals surface area contributed by atoms with E-state index in [-0.39, 0.29) is 94.9 Å². The normalized spacial score (nSPS) is 19.8. The summed E-state index contributed by atoms with van der Waals surface area (Å²) in [5.74, 6) is -1.91. The van der Waals surface area contributed by atoms with Gasteiger partial charge >= 0.3 is 12.1 Å². The number of pyridine rings is 1. The Balaban J connectivity index is 1.16. The van der Waals surface area contributed by atoms with Crippen LogP contribution in [-0.2, 0) is 38.1 Å². The second-order valence-electron chi connectivity index (χ2n) is 15.6. The highest BCUT2D eigenvalue weighted by molar-refractivity contribution is 5.99. The van der Waals surface area contributed by atoms with Gasteiger partial charge in [0.1, 0.15) is 36.9 Å². The van der Waals surface area contributed by atoms with Gasteiger partial charge in [0.25, 0.3) is 11.8 Å². The first kappa shape index (κ1) is 42.6. The number of carbonyl (C=O) groups excluding carboxylic acids is 6. The molecular weight excluding hydrogens is 752 g/mol. The minimum absolute atomic E-state index is 0.0610. The summed E-state index contributed by atoms with van der Waals surface area (Å²) in [7, 11) is 0. The summed E-state index contributed by atoms with van der Waals surface area (Å²) >= 11 is 0. The SMILES string of the molecule is CCOC(=O)N1CCN(C(=O)[C@H](CCC(=O)OCC2(CC)COCOC2)NC(=O)c2cc(OCC(=O)N3CCC[C@H]3C(=O)NC3CCC3)c3ccc(C)cc3n2)CC1. The number of fused-ring (bicyclic) bond motifs is 1. The number of piperazine rings is 1. The van der Waals surface area contributed by atoms with E-state index >= 15 is 0 Å². The van der Waals surface area contributed by atoms with Gasteiger partial charge in [0.2, 0.25) is 11.8 Å². The summed E-state index contributed by atoms with van der Waals surface area (Å²) in [5.41, 5.74) is 0.785. The average Bonchev–Trinajstić information content (AvgIpc) is 3.72. The molecule has 1 aromatic carbocycles. The van der Waals surface area contributed by atoms with Crippen LogP contribution < -0.4 is 15.4 Å². The Labute approximate surface area is 338 Å². The van der Waals surface area contributed by atoms with E-state index in [2.05, 4.69) is 15.6 Å². The first-order chi connectivity index (χ1) is 28.0. The van der Waals surface area contributed by atoms with Crippen molar-refractivity contribution in [2.45, 2.75) is 90.3 Å². The maximum Gasteiger partial charge on any atom is 0.409 e. The van der Waals surface area contributed by atoms with Crippen LogP contribution in [0.25, 0.3) is 10.9 Å². The predicted octanol–water partition coefficient (Wildman–Crippen LogP) is 2.70.